The van der Waals surface area contributed by atoms with Crippen LogP contribution in [0, 0.1) is 0 Å². The Bertz CT molecular complexity index is 1500. The Morgan fingerprint density at radius 1 is 1.12 bits per heavy atom. The smallest absolute Gasteiger partial charge is 1.00 e. The number of halogens is 1. The van der Waals surface area contributed by atoms with Gasteiger partial charge in [-0.15, -0.1) is 0 Å². The Kier molecular flexibility index (Phi) is 7.52. The molecule has 0 unspecified atom stereocenters. The summed E-state index contributed by atoms with van der Waals surface area (Å²) in [6.45, 7) is 2.82. The van der Waals surface area contributed by atoms with Gasteiger partial charge >= 0.3 is 35.5 Å². The molecular weight excluding hydrogens is 505 g/mol. The fraction of sp³-hybridized carbons (Fsp3) is 0.200. The number of carboxylic acid groups (broad SMARTS) is 1. The first-order valence-corrected chi connectivity index (χ1v) is 11.7. The molecule has 0 saturated carbocycles. The molecule has 0 amide bonds. The number of hydrogen-bond acceptors (Lipinski definition) is 4. The molecule has 34 heavy (non-hydrogen) atoms. The molecule has 168 valence electrons. The summed E-state index contributed by atoms with van der Waals surface area (Å²) in [6.07, 6.45) is 4.88. The first-order chi connectivity index (χ1) is 16.1. The monoisotopic (exact) mass is 527 g/mol. The van der Waals surface area contributed by atoms with Crippen molar-refractivity contribution < 1.29 is 40.9 Å². The van der Waals surface area contributed by atoms with E-state index in [4.69, 9.17) is 4.98 Å². The summed E-state index contributed by atoms with van der Waals surface area (Å²) >= 11 is 3.65. The van der Waals surface area contributed by atoms with Crippen molar-refractivity contribution in [1.29, 1.82) is 0 Å². The molecule has 0 aliphatic carbocycles. The van der Waals surface area contributed by atoms with Crippen LogP contribution in [-0.4, -0.2) is 35.4 Å². The minimum absolute atomic E-state index is 0. The third kappa shape index (κ3) is 4.55. The molecule has 5 rings (SSSR count). The van der Waals surface area contributed by atoms with Gasteiger partial charge in [0.15, 0.2) is 5.65 Å². The minimum atomic E-state index is -0.989. The molecule has 1 N–H and O–H groups in total. The van der Waals surface area contributed by atoms with Crippen LogP contribution in [0.15, 0.2) is 65.4 Å². The van der Waals surface area contributed by atoms with Crippen molar-refractivity contribution in [3.63, 3.8) is 0 Å². The third-order valence-electron chi connectivity index (χ3n) is 5.72. The van der Waals surface area contributed by atoms with E-state index >= 15 is 0 Å². The molecular formula is C25H23BrN5NaO2. The molecule has 0 bridgehead atoms. The van der Waals surface area contributed by atoms with E-state index in [1.54, 1.807) is 35.1 Å². The molecule has 3 aromatic heterocycles. The SMILES string of the molecule is CCCCc1nc2cccnc2n1Cc1ccc2nn(-c3ccccc3C(=O)O)c(Br)c2c1.[H-].[Na+]. The summed E-state index contributed by atoms with van der Waals surface area (Å²) in [4.78, 5) is 21.1. The number of pyridine rings is 1. The van der Waals surface area contributed by atoms with E-state index in [1.165, 1.54) is 0 Å². The number of aromatic carboxylic acids is 1. The van der Waals surface area contributed by atoms with Gasteiger partial charge in [-0.3, -0.25) is 0 Å². The second-order valence-corrected chi connectivity index (χ2v) is 8.69. The quantitative estimate of drug-likeness (QED) is 0.329. The van der Waals surface area contributed by atoms with E-state index in [-0.39, 0.29) is 36.5 Å². The number of carbonyl (C=O) groups is 1. The van der Waals surface area contributed by atoms with Gasteiger partial charge in [0.1, 0.15) is 15.9 Å². The summed E-state index contributed by atoms with van der Waals surface area (Å²) in [5, 5.41) is 15.1. The molecule has 0 radical (unpaired) electrons. The number of unbranched alkanes of at least 4 members (excludes halogenated alkanes) is 1. The van der Waals surface area contributed by atoms with Crippen molar-refractivity contribution in [2.24, 2.45) is 0 Å². The van der Waals surface area contributed by atoms with E-state index in [9.17, 15) is 9.90 Å². The van der Waals surface area contributed by atoms with Crippen LogP contribution < -0.4 is 29.6 Å². The van der Waals surface area contributed by atoms with Gasteiger partial charge in [0.25, 0.3) is 0 Å². The first kappa shape index (κ1) is 24.6. The van der Waals surface area contributed by atoms with Crippen LogP contribution in [0.4, 0.5) is 0 Å². The standard InChI is InChI=1S/C25H22BrN5O2.Na.H/c1-2-3-10-22-28-20-8-6-13-27-24(20)30(22)15-16-11-12-19-18(14-16)23(26)31(29-19)21-9-5-4-7-17(21)25(32)33;;/h4-9,11-14H,2-3,10,15H2,1H3,(H,32,33);;/q;+1;-1. The number of fused-ring (bicyclic) bond motifs is 2. The molecule has 0 spiro atoms. The number of hydrogen-bond donors (Lipinski definition) is 1. The predicted octanol–water partition coefficient (Wildman–Crippen LogP) is 2.74. The number of aryl methyl sites for hydroxylation is 1. The van der Waals surface area contributed by atoms with Gasteiger partial charge in [0, 0.05) is 18.0 Å². The van der Waals surface area contributed by atoms with E-state index < -0.39 is 5.97 Å². The third-order valence-corrected chi connectivity index (χ3v) is 6.48. The molecule has 0 fully saturated rings. The van der Waals surface area contributed by atoms with Gasteiger partial charge in [-0.1, -0.05) is 31.5 Å². The van der Waals surface area contributed by atoms with Crippen LogP contribution in [0.1, 0.15) is 42.9 Å². The van der Waals surface area contributed by atoms with E-state index in [2.05, 4.69) is 43.6 Å². The second-order valence-electron chi connectivity index (χ2n) is 7.94. The molecule has 0 aliphatic rings. The van der Waals surface area contributed by atoms with Crippen molar-refractivity contribution in [3.8, 4) is 5.69 Å². The zero-order chi connectivity index (χ0) is 22.9. The fourth-order valence-electron chi connectivity index (χ4n) is 4.08. The molecule has 7 nitrogen and oxygen atoms in total. The molecule has 5 aromatic rings. The number of aromatic nitrogens is 5. The number of para-hydroxylation sites is 1. The van der Waals surface area contributed by atoms with Crippen LogP contribution >= 0.6 is 15.9 Å². The Balaban J connectivity index is 0.00000171. The molecule has 0 atom stereocenters. The fourth-order valence-corrected chi connectivity index (χ4v) is 4.67. The van der Waals surface area contributed by atoms with Gasteiger partial charge < -0.3 is 11.1 Å². The number of imidazole rings is 1. The normalized spacial score (nSPS) is 11.1. The topological polar surface area (TPSA) is 85.8 Å². The summed E-state index contributed by atoms with van der Waals surface area (Å²) in [5.41, 5.74) is 4.38. The van der Waals surface area contributed by atoms with Crippen molar-refractivity contribution in [2.75, 3.05) is 0 Å². The molecule has 0 aliphatic heterocycles. The molecule has 2 aromatic carbocycles. The van der Waals surface area contributed by atoms with Crippen LogP contribution in [0.25, 0.3) is 27.8 Å². The Labute approximate surface area is 228 Å². The Morgan fingerprint density at radius 2 is 1.94 bits per heavy atom. The van der Waals surface area contributed by atoms with Crippen LogP contribution in [-0.2, 0) is 13.0 Å². The number of benzene rings is 2. The number of rotatable bonds is 7. The van der Waals surface area contributed by atoms with Crippen molar-refractivity contribution in [1.82, 2.24) is 24.3 Å². The van der Waals surface area contributed by atoms with Crippen molar-refractivity contribution >= 4 is 44.0 Å². The van der Waals surface area contributed by atoms with Crippen LogP contribution in [0.2, 0.25) is 0 Å². The maximum Gasteiger partial charge on any atom is 1.00 e. The maximum absolute atomic E-state index is 11.7. The second kappa shape index (κ2) is 10.4. The largest absolute Gasteiger partial charge is 1.00 e. The van der Waals surface area contributed by atoms with Crippen molar-refractivity contribution in [3.05, 3.63) is 82.3 Å². The van der Waals surface area contributed by atoms with E-state index in [0.717, 1.165) is 52.7 Å². The van der Waals surface area contributed by atoms with E-state index in [1.807, 2.05) is 24.3 Å². The molecule has 9 heteroatoms. The van der Waals surface area contributed by atoms with Crippen LogP contribution in [0.3, 0.4) is 0 Å². The number of nitrogens with zero attached hydrogens (tertiary/aromatic N) is 5. The zero-order valence-electron chi connectivity index (χ0n) is 20.1. The summed E-state index contributed by atoms with van der Waals surface area (Å²) in [6, 6.07) is 16.9. The average Bonchev–Trinajstić information content (AvgIpc) is 3.35. The van der Waals surface area contributed by atoms with Crippen LogP contribution in [0.5, 0.6) is 0 Å². The van der Waals surface area contributed by atoms with Gasteiger partial charge in [0.05, 0.1) is 23.3 Å². The summed E-state index contributed by atoms with van der Waals surface area (Å²) in [5.74, 6) is 0.0487. The minimum Gasteiger partial charge on any atom is -1.00 e. The van der Waals surface area contributed by atoms with Gasteiger partial charge in [-0.25, -0.2) is 19.4 Å². The van der Waals surface area contributed by atoms with E-state index in [0.29, 0.717) is 16.8 Å². The van der Waals surface area contributed by atoms with Crippen molar-refractivity contribution in [2.45, 2.75) is 32.7 Å². The maximum atomic E-state index is 11.7. The molecule has 3 heterocycles. The van der Waals surface area contributed by atoms with Gasteiger partial charge in [0.2, 0.25) is 0 Å². The van der Waals surface area contributed by atoms with Gasteiger partial charge in [-0.2, -0.15) is 5.10 Å². The Hall–Kier alpha value is -2.52. The summed E-state index contributed by atoms with van der Waals surface area (Å²) < 4.78 is 4.54. The number of carboxylic acids is 1. The molecule has 0 saturated heterocycles. The average molecular weight is 528 g/mol. The first-order valence-electron chi connectivity index (χ1n) is 10.9. The Morgan fingerprint density at radius 3 is 2.74 bits per heavy atom. The van der Waals surface area contributed by atoms with Gasteiger partial charge in [-0.05, 0) is 64.3 Å². The zero-order valence-corrected chi connectivity index (χ0v) is 22.7. The predicted molar refractivity (Wildman–Crippen MR) is 132 cm³/mol. The summed E-state index contributed by atoms with van der Waals surface area (Å²) in [7, 11) is 0.